The summed E-state index contributed by atoms with van der Waals surface area (Å²) in [5.41, 5.74) is 0.618. The van der Waals surface area contributed by atoms with E-state index in [2.05, 4.69) is 12.7 Å². The second kappa shape index (κ2) is 8.69. The van der Waals surface area contributed by atoms with Crippen molar-refractivity contribution in [2.45, 2.75) is 20.3 Å². The molecule has 0 aromatic heterocycles. The highest BCUT2D eigenvalue weighted by atomic mass is 16.4. The van der Waals surface area contributed by atoms with Crippen molar-refractivity contribution in [1.29, 1.82) is 0 Å². The third-order valence-electron chi connectivity index (χ3n) is 2.11. The van der Waals surface area contributed by atoms with Gasteiger partial charge < -0.3 is 10.2 Å². The summed E-state index contributed by atoms with van der Waals surface area (Å²) in [4.78, 5) is 21.1. The average molecular weight is 262 g/mol. The predicted octanol–water partition coefficient (Wildman–Crippen LogP) is 3.53. The lowest BCUT2D eigenvalue weighted by molar-refractivity contribution is 0.0696. The molecule has 0 atom stereocenters. The third-order valence-corrected chi connectivity index (χ3v) is 2.11. The van der Waals surface area contributed by atoms with Crippen LogP contribution in [0.2, 0.25) is 0 Å². The second-order valence-electron chi connectivity index (χ2n) is 3.79. The van der Waals surface area contributed by atoms with Crippen LogP contribution in [0, 0.1) is 6.92 Å². The van der Waals surface area contributed by atoms with E-state index in [4.69, 9.17) is 10.2 Å². The highest BCUT2D eigenvalue weighted by Crippen LogP contribution is 2.09. The van der Waals surface area contributed by atoms with Gasteiger partial charge in [-0.15, -0.1) is 6.58 Å². The lowest BCUT2D eigenvalue weighted by Crippen LogP contribution is -2.02. The molecule has 102 valence electrons. The van der Waals surface area contributed by atoms with Gasteiger partial charge in [0.25, 0.3) is 0 Å². The zero-order valence-electron chi connectivity index (χ0n) is 11.1. The number of carboxylic acids is 2. The Morgan fingerprint density at radius 3 is 1.89 bits per heavy atom. The van der Waals surface area contributed by atoms with Gasteiger partial charge in [0.05, 0.1) is 11.1 Å². The molecule has 1 aromatic rings. The first-order valence-corrected chi connectivity index (χ1v) is 5.72. The minimum absolute atomic E-state index is 0.00241. The van der Waals surface area contributed by atoms with Gasteiger partial charge in [0, 0.05) is 0 Å². The van der Waals surface area contributed by atoms with Gasteiger partial charge in [-0.2, -0.15) is 0 Å². The lowest BCUT2D eigenvalue weighted by Gasteiger charge is -1.99. The fraction of sp³-hybridized carbons (Fsp3) is 0.200. The molecule has 0 radical (unpaired) electrons. The lowest BCUT2D eigenvalue weighted by atomic mass is 10.1. The van der Waals surface area contributed by atoms with Crippen molar-refractivity contribution in [1.82, 2.24) is 0 Å². The van der Waals surface area contributed by atoms with Gasteiger partial charge in [-0.1, -0.05) is 18.2 Å². The molecule has 4 heteroatoms. The van der Waals surface area contributed by atoms with Gasteiger partial charge in [-0.05, 0) is 44.0 Å². The number of aromatic carboxylic acids is 2. The molecule has 0 aliphatic rings. The molecule has 0 unspecified atom stereocenters. The molecule has 0 saturated carbocycles. The maximum absolute atomic E-state index is 10.5. The molecule has 0 fully saturated rings. The molecule has 4 nitrogen and oxygen atoms in total. The van der Waals surface area contributed by atoms with Crippen LogP contribution in [-0.2, 0) is 0 Å². The Kier molecular flexibility index (Phi) is 7.61. The zero-order valence-corrected chi connectivity index (χ0v) is 11.1. The maximum Gasteiger partial charge on any atom is 0.335 e. The van der Waals surface area contributed by atoms with Crippen molar-refractivity contribution in [3.8, 4) is 0 Å². The predicted molar refractivity (Wildman–Crippen MR) is 74.7 cm³/mol. The van der Waals surface area contributed by atoms with Crippen LogP contribution in [0.5, 0.6) is 0 Å². The summed E-state index contributed by atoms with van der Waals surface area (Å²) in [5.74, 6) is -2.24. The number of carboxylic acid groups (broad SMARTS) is 2. The number of hydrogen-bond donors (Lipinski definition) is 2. The number of hydrogen-bond acceptors (Lipinski definition) is 2. The normalized spacial score (nSPS) is 9.58. The highest BCUT2D eigenvalue weighted by molar-refractivity contribution is 5.94. The van der Waals surface area contributed by atoms with Crippen LogP contribution < -0.4 is 0 Å². The van der Waals surface area contributed by atoms with Crippen molar-refractivity contribution in [3.63, 3.8) is 0 Å². The van der Waals surface area contributed by atoms with Crippen LogP contribution in [0.4, 0.5) is 0 Å². The summed E-state index contributed by atoms with van der Waals surface area (Å²) in [5, 5.41) is 17.2. The number of benzene rings is 1. The Labute approximate surface area is 112 Å². The summed E-state index contributed by atoms with van der Waals surface area (Å²) in [6.45, 7) is 7.20. The molecule has 2 N–H and O–H groups in total. The first kappa shape index (κ1) is 16.6. The summed E-state index contributed by atoms with van der Waals surface area (Å²) >= 11 is 0. The Bertz CT molecular complexity index is 455. The molecule has 1 aromatic carbocycles. The van der Waals surface area contributed by atoms with E-state index in [1.165, 1.54) is 12.1 Å². The molecule has 0 amide bonds. The van der Waals surface area contributed by atoms with E-state index in [1.807, 2.05) is 19.1 Å². The molecular weight excluding hydrogens is 244 g/mol. The van der Waals surface area contributed by atoms with Gasteiger partial charge in [0.15, 0.2) is 0 Å². The minimum atomic E-state index is -1.12. The monoisotopic (exact) mass is 262 g/mol. The van der Waals surface area contributed by atoms with Crippen molar-refractivity contribution in [3.05, 3.63) is 59.7 Å². The van der Waals surface area contributed by atoms with Crippen molar-refractivity contribution < 1.29 is 19.8 Å². The van der Waals surface area contributed by atoms with Gasteiger partial charge in [-0.25, -0.2) is 9.59 Å². The van der Waals surface area contributed by atoms with Crippen LogP contribution in [0.25, 0.3) is 0 Å². The van der Waals surface area contributed by atoms with Crippen molar-refractivity contribution in [2.24, 2.45) is 0 Å². The van der Waals surface area contributed by atoms with Crippen LogP contribution in [0.1, 0.15) is 39.6 Å². The molecule has 0 saturated heterocycles. The summed E-state index contributed by atoms with van der Waals surface area (Å²) in [6.07, 6.45) is 6.95. The van der Waals surface area contributed by atoms with Crippen molar-refractivity contribution in [2.75, 3.05) is 0 Å². The Hall–Kier alpha value is -2.36. The first-order valence-electron chi connectivity index (χ1n) is 5.72. The quantitative estimate of drug-likeness (QED) is 0.814. The standard InChI is InChI=1S/C9H8O4.C6H10/c1-5-2-6(8(10)11)4-7(3-5)9(12)13;1-3-5-6-4-2/h2-4H,1H3,(H,10,11)(H,12,13);3-4,6H,1,5H2,2H3. The zero-order chi connectivity index (χ0) is 14.8. The van der Waals surface area contributed by atoms with Crippen LogP contribution in [0.15, 0.2) is 43.0 Å². The molecule has 0 bridgehead atoms. The Morgan fingerprint density at radius 1 is 1.16 bits per heavy atom. The summed E-state index contributed by atoms with van der Waals surface area (Å²) in [6, 6.07) is 3.99. The first-order chi connectivity index (χ1) is 8.92. The van der Waals surface area contributed by atoms with E-state index in [1.54, 1.807) is 6.92 Å². The smallest absolute Gasteiger partial charge is 0.335 e. The molecule has 0 aliphatic heterocycles. The minimum Gasteiger partial charge on any atom is -0.478 e. The van der Waals surface area contributed by atoms with E-state index in [-0.39, 0.29) is 11.1 Å². The Balaban J connectivity index is 0.000000459. The summed E-state index contributed by atoms with van der Waals surface area (Å²) < 4.78 is 0. The largest absolute Gasteiger partial charge is 0.478 e. The van der Waals surface area contributed by atoms with E-state index >= 15 is 0 Å². The topological polar surface area (TPSA) is 74.6 Å². The Morgan fingerprint density at radius 2 is 1.63 bits per heavy atom. The van der Waals surface area contributed by atoms with Gasteiger partial charge in [0.1, 0.15) is 0 Å². The highest BCUT2D eigenvalue weighted by Gasteiger charge is 2.09. The average Bonchev–Trinajstić information content (AvgIpc) is 2.36. The maximum atomic E-state index is 10.5. The second-order valence-corrected chi connectivity index (χ2v) is 3.79. The van der Waals surface area contributed by atoms with Crippen LogP contribution in [-0.4, -0.2) is 22.2 Å². The van der Waals surface area contributed by atoms with E-state index in [9.17, 15) is 9.59 Å². The number of carbonyl (C=O) groups is 2. The van der Waals surface area contributed by atoms with Crippen LogP contribution in [0.3, 0.4) is 0 Å². The molecule has 0 aliphatic carbocycles. The summed E-state index contributed by atoms with van der Waals surface area (Å²) in [7, 11) is 0. The van der Waals surface area contributed by atoms with E-state index < -0.39 is 11.9 Å². The van der Waals surface area contributed by atoms with E-state index in [0.717, 1.165) is 12.5 Å². The molecule has 0 spiro atoms. The van der Waals surface area contributed by atoms with Crippen LogP contribution >= 0.6 is 0 Å². The molecule has 1 rings (SSSR count). The SMILES string of the molecule is C=CCC=CC.Cc1cc(C(=O)O)cc(C(=O)O)c1. The van der Waals surface area contributed by atoms with Gasteiger partial charge >= 0.3 is 11.9 Å². The number of allylic oxidation sites excluding steroid dienone is 3. The van der Waals surface area contributed by atoms with Gasteiger partial charge in [0.2, 0.25) is 0 Å². The van der Waals surface area contributed by atoms with Gasteiger partial charge in [-0.3, -0.25) is 0 Å². The number of rotatable bonds is 4. The molecule has 19 heavy (non-hydrogen) atoms. The van der Waals surface area contributed by atoms with E-state index in [0.29, 0.717) is 5.56 Å². The fourth-order valence-corrected chi connectivity index (χ4v) is 1.26. The molecule has 0 heterocycles. The number of aryl methyl sites for hydroxylation is 1. The molecular formula is C15H18O4. The fourth-order valence-electron chi connectivity index (χ4n) is 1.26. The third kappa shape index (κ3) is 6.83. The van der Waals surface area contributed by atoms with Crippen molar-refractivity contribution >= 4 is 11.9 Å².